The number of aromatic nitrogens is 2. The topological polar surface area (TPSA) is 46.9 Å². The first-order chi connectivity index (χ1) is 8.27. The molecule has 0 saturated heterocycles. The summed E-state index contributed by atoms with van der Waals surface area (Å²) in [6.45, 7) is 0.705. The van der Waals surface area contributed by atoms with Gasteiger partial charge >= 0.3 is 0 Å². The van der Waals surface area contributed by atoms with E-state index in [0.717, 1.165) is 6.42 Å². The summed E-state index contributed by atoms with van der Waals surface area (Å²) < 4.78 is 1.51. The predicted octanol–water partition coefficient (Wildman–Crippen LogP) is 1.43. The van der Waals surface area contributed by atoms with Crippen molar-refractivity contribution in [3.8, 4) is 0 Å². The van der Waals surface area contributed by atoms with Crippen LogP contribution in [0.2, 0.25) is 0 Å². The van der Waals surface area contributed by atoms with E-state index in [-0.39, 0.29) is 5.56 Å². The third-order valence-electron chi connectivity index (χ3n) is 2.57. The van der Waals surface area contributed by atoms with Crippen molar-refractivity contribution in [2.45, 2.75) is 6.42 Å². The van der Waals surface area contributed by atoms with Crippen LogP contribution in [0.1, 0.15) is 5.56 Å². The monoisotopic (exact) mass is 229 g/mol. The molecule has 0 saturated carbocycles. The quantitative estimate of drug-likeness (QED) is 0.862. The number of hydrogen-bond acceptors (Lipinski definition) is 3. The minimum atomic E-state index is -0.0967. The Morgan fingerprint density at radius 3 is 2.82 bits per heavy atom. The Balaban J connectivity index is 1.95. The van der Waals surface area contributed by atoms with Gasteiger partial charge in [-0.2, -0.15) is 0 Å². The van der Waals surface area contributed by atoms with E-state index >= 15 is 0 Å². The molecular formula is C13H15N3O. The lowest BCUT2D eigenvalue weighted by molar-refractivity contribution is 0.837. The van der Waals surface area contributed by atoms with E-state index in [1.165, 1.54) is 10.1 Å². The largest absolute Gasteiger partial charge is 0.365 e. The van der Waals surface area contributed by atoms with Crippen molar-refractivity contribution in [2.24, 2.45) is 7.05 Å². The molecule has 0 radical (unpaired) electrons. The van der Waals surface area contributed by atoms with Gasteiger partial charge in [-0.05, 0) is 12.0 Å². The number of nitrogens with zero attached hydrogens (tertiary/aromatic N) is 2. The van der Waals surface area contributed by atoms with Crippen LogP contribution in [0.4, 0.5) is 5.82 Å². The summed E-state index contributed by atoms with van der Waals surface area (Å²) >= 11 is 0. The van der Waals surface area contributed by atoms with Crippen molar-refractivity contribution < 1.29 is 0 Å². The molecule has 17 heavy (non-hydrogen) atoms. The van der Waals surface area contributed by atoms with Gasteiger partial charge in [-0.15, -0.1) is 0 Å². The molecule has 0 aliphatic heterocycles. The number of aryl methyl sites for hydroxylation is 1. The van der Waals surface area contributed by atoms with Gasteiger partial charge in [0.25, 0.3) is 5.56 Å². The van der Waals surface area contributed by atoms with Crippen LogP contribution < -0.4 is 10.9 Å². The van der Waals surface area contributed by atoms with Crippen molar-refractivity contribution >= 4 is 5.82 Å². The van der Waals surface area contributed by atoms with E-state index in [9.17, 15) is 4.79 Å². The smallest absolute Gasteiger partial charge is 0.293 e. The molecule has 4 nitrogen and oxygen atoms in total. The number of benzene rings is 1. The summed E-state index contributed by atoms with van der Waals surface area (Å²) in [7, 11) is 1.71. The van der Waals surface area contributed by atoms with Gasteiger partial charge in [0.05, 0.1) is 0 Å². The van der Waals surface area contributed by atoms with Crippen molar-refractivity contribution in [1.29, 1.82) is 0 Å². The number of nitrogens with one attached hydrogen (secondary N) is 1. The Hall–Kier alpha value is -2.10. The first-order valence-corrected chi connectivity index (χ1v) is 5.57. The third kappa shape index (κ3) is 2.93. The van der Waals surface area contributed by atoms with Crippen molar-refractivity contribution in [3.63, 3.8) is 0 Å². The number of rotatable bonds is 4. The minimum absolute atomic E-state index is 0.0967. The summed E-state index contributed by atoms with van der Waals surface area (Å²) in [6.07, 6.45) is 4.14. The highest BCUT2D eigenvalue weighted by molar-refractivity contribution is 5.31. The molecule has 88 valence electrons. The van der Waals surface area contributed by atoms with Crippen LogP contribution in [-0.4, -0.2) is 16.1 Å². The summed E-state index contributed by atoms with van der Waals surface area (Å²) in [5, 5.41) is 3.06. The highest BCUT2D eigenvalue weighted by Crippen LogP contribution is 2.00. The van der Waals surface area contributed by atoms with E-state index < -0.39 is 0 Å². The second kappa shape index (κ2) is 5.30. The highest BCUT2D eigenvalue weighted by atomic mass is 16.1. The molecule has 2 aromatic rings. The summed E-state index contributed by atoms with van der Waals surface area (Å²) in [4.78, 5) is 15.7. The average Bonchev–Trinajstić information content (AvgIpc) is 2.36. The zero-order valence-corrected chi connectivity index (χ0v) is 9.76. The van der Waals surface area contributed by atoms with Crippen molar-refractivity contribution in [3.05, 3.63) is 58.6 Å². The van der Waals surface area contributed by atoms with Gasteiger partial charge in [0.1, 0.15) is 0 Å². The average molecular weight is 229 g/mol. The molecule has 0 aliphatic carbocycles. The van der Waals surface area contributed by atoms with E-state index in [2.05, 4.69) is 22.4 Å². The standard InChI is InChI=1S/C13H15N3O/c1-16-10-9-15-12(13(16)17)14-8-7-11-5-3-2-4-6-11/h2-6,9-10H,7-8H2,1H3,(H,14,15). The normalized spacial score (nSPS) is 10.2. The van der Waals surface area contributed by atoms with Gasteiger partial charge in [0, 0.05) is 26.0 Å². The lowest BCUT2D eigenvalue weighted by Gasteiger charge is -2.05. The fourth-order valence-corrected chi connectivity index (χ4v) is 1.59. The van der Waals surface area contributed by atoms with Gasteiger partial charge in [-0.3, -0.25) is 4.79 Å². The Labute approximate surface area is 99.9 Å². The van der Waals surface area contributed by atoms with Gasteiger partial charge in [0.15, 0.2) is 5.82 Å². The molecule has 0 spiro atoms. The Bertz CT molecular complexity index is 534. The molecule has 0 unspecified atom stereocenters. The predicted molar refractivity (Wildman–Crippen MR) is 68.1 cm³/mol. The maximum Gasteiger partial charge on any atom is 0.293 e. The molecule has 4 heteroatoms. The molecule has 1 N–H and O–H groups in total. The molecule has 2 rings (SSSR count). The highest BCUT2D eigenvalue weighted by Gasteiger charge is 2.00. The molecular weight excluding hydrogens is 214 g/mol. The maximum atomic E-state index is 11.6. The van der Waals surface area contributed by atoms with E-state index in [1.807, 2.05) is 18.2 Å². The lowest BCUT2D eigenvalue weighted by atomic mass is 10.1. The van der Waals surface area contributed by atoms with E-state index in [1.54, 1.807) is 19.4 Å². The Morgan fingerprint density at radius 1 is 1.29 bits per heavy atom. The molecule has 0 fully saturated rings. The fraction of sp³-hybridized carbons (Fsp3) is 0.231. The number of hydrogen-bond donors (Lipinski definition) is 1. The summed E-state index contributed by atoms with van der Waals surface area (Å²) in [5.41, 5.74) is 1.15. The molecule has 1 heterocycles. The van der Waals surface area contributed by atoms with Crippen LogP contribution in [0.3, 0.4) is 0 Å². The van der Waals surface area contributed by atoms with Crippen molar-refractivity contribution in [2.75, 3.05) is 11.9 Å². The molecule has 0 aliphatic rings. The molecule has 0 amide bonds. The minimum Gasteiger partial charge on any atom is -0.365 e. The van der Waals surface area contributed by atoms with Gasteiger partial charge in [0.2, 0.25) is 0 Å². The Morgan fingerprint density at radius 2 is 2.06 bits per heavy atom. The number of anilines is 1. The molecule has 0 atom stereocenters. The zero-order valence-electron chi connectivity index (χ0n) is 9.76. The first kappa shape index (κ1) is 11.4. The lowest BCUT2D eigenvalue weighted by Crippen LogP contribution is -2.22. The van der Waals surface area contributed by atoms with Crippen LogP contribution in [0, 0.1) is 0 Å². The molecule has 1 aromatic heterocycles. The van der Waals surface area contributed by atoms with Crippen LogP contribution >= 0.6 is 0 Å². The van der Waals surface area contributed by atoms with Crippen molar-refractivity contribution in [1.82, 2.24) is 9.55 Å². The van der Waals surface area contributed by atoms with Crippen LogP contribution in [-0.2, 0) is 13.5 Å². The maximum absolute atomic E-state index is 11.6. The van der Waals surface area contributed by atoms with Gasteiger partial charge < -0.3 is 9.88 Å². The molecule has 0 bridgehead atoms. The summed E-state index contributed by atoms with van der Waals surface area (Å²) in [6, 6.07) is 10.1. The van der Waals surface area contributed by atoms with E-state index in [4.69, 9.17) is 0 Å². The zero-order chi connectivity index (χ0) is 12.1. The summed E-state index contributed by atoms with van der Waals surface area (Å²) in [5.74, 6) is 0.408. The Kier molecular flexibility index (Phi) is 3.55. The second-order valence-corrected chi connectivity index (χ2v) is 3.85. The van der Waals surface area contributed by atoms with Crippen LogP contribution in [0.5, 0.6) is 0 Å². The van der Waals surface area contributed by atoms with Crippen LogP contribution in [0.15, 0.2) is 47.5 Å². The first-order valence-electron chi connectivity index (χ1n) is 5.57. The van der Waals surface area contributed by atoms with Gasteiger partial charge in [-0.25, -0.2) is 4.98 Å². The molecule has 1 aromatic carbocycles. The third-order valence-corrected chi connectivity index (χ3v) is 2.57. The van der Waals surface area contributed by atoms with Gasteiger partial charge in [-0.1, -0.05) is 30.3 Å². The van der Waals surface area contributed by atoms with E-state index in [0.29, 0.717) is 12.4 Å². The second-order valence-electron chi connectivity index (χ2n) is 3.85. The SMILES string of the molecule is Cn1ccnc(NCCc2ccccc2)c1=O. The fourth-order valence-electron chi connectivity index (χ4n) is 1.59. The van der Waals surface area contributed by atoms with Crippen LogP contribution in [0.25, 0.3) is 0 Å².